The molecule has 74 valence electrons. The van der Waals surface area contributed by atoms with Gasteiger partial charge in [0.15, 0.2) is 0 Å². The van der Waals surface area contributed by atoms with Crippen LogP contribution in [0.25, 0.3) is 0 Å². The molecule has 6 nitrogen and oxygen atoms in total. The molecule has 0 aliphatic carbocycles. The highest BCUT2D eigenvalue weighted by molar-refractivity contribution is 7.44. The lowest BCUT2D eigenvalue weighted by Crippen LogP contribution is -2.37. The van der Waals surface area contributed by atoms with E-state index in [0.29, 0.717) is 0 Å². The van der Waals surface area contributed by atoms with E-state index in [9.17, 15) is 9.36 Å². The normalized spacial score (nSPS) is 17.0. The van der Waals surface area contributed by atoms with Crippen LogP contribution in [-0.4, -0.2) is 39.4 Å². The number of carbonyl (C=O) groups is 1. The van der Waals surface area contributed by atoms with Gasteiger partial charge in [0, 0.05) is 12.6 Å². The molecular weight excluding hydrogens is 197 g/mol. The van der Waals surface area contributed by atoms with Gasteiger partial charge in [0.05, 0.1) is 6.35 Å². The van der Waals surface area contributed by atoms with E-state index in [2.05, 4.69) is 0 Å². The Bertz CT molecular complexity index is 260. The Morgan fingerprint density at radius 3 is 2.46 bits per heavy atom. The number of carboxylic acids is 1. The third-order valence-electron chi connectivity index (χ3n) is 1.48. The maximum absolute atomic E-state index is 10.7. The molecule has 0 rings (SSSR count). The summed E-state index contributed by atoms with van der Waals surface area (Å²) in [6.45, 7) is 0. The largest absolute Gasteiger partial charge is 0.478 e. The van der Waals surface area contributed by atoms with Crippen molar-refractivity contribution in [2.24, 2.45) is 0 Å². The van der Waals surface area contributed by atoms with E-state index in [0.717, 1.165) is 0 Å². The first-order chi connectivity index (χ1) is 5.96. The Balaban J connectivity index is 4.24. The van der Waals surface area contributed by atoms with Crippen LogP contribution in [0, 0.1) is 11.3 Å². The third-order valence-corrected chi connectivity index (χ3v) is 2.64. The molecule has 0 aliphatic rings. The number of hydrogen-bond acceptors (Lipinski definition) is 5. The van der Waals surface area contributed by atoms with E-state index < -0.39 is 32.1 Å². The van der Waals surface area contributed by atoms with Gasteiger partial charge in [-0.05, 0) is 0 Å². The highest BCUT2D eigenvalue weighted by Crippen LogP contribution is 2.23. The number of nitriles is 1. The van der Waals surface area contributed by atoms with E-state index >= 15 is 0 Å². The van der Waals surface area contributed by atoms with Crippen LogP contribution in [0.1, 0.15) is 6.42 Å². The summed E-state index contributed by atoms with van der Waals surface area (Å²) in [6.07, 6.45) is -1.12. The standard InChI is InChI=1S/C6H10NO5P/c7-3-6(11,5(9)10)1-2-13(12)4-8/h8,11,13H,1-2,4H2,(H,9,10). The van der Waals surface area contributed by atoms with Gasteiger partial charge < -0.3 is 19.9 Å². The minimum absolute atomic E-state index is 0.155. The summed E-state index contributed by atoms with van der Waals surface area (Å²) in [4.78, 5) is 10.3. The first-order valence-electron chi connectivity index (χ1n) is 3.46. The molecule has 0 saturated carbocycles. The number of aliphatic hydroxyl groups is 2. The van der Waals surface area contributed by atoms with E-state index in [4.69, 9.17) is 20.6 Å². The topological polar surface area (TPSA) is 119 Å². The van der Waals surface area contributed by atoms with Crippen LogP contribution in [0.15, 0.2) is 0 Å². The average Bonchev–Trinajstić information content (AvgIpc) is 2.13. The van der Waals surface area contributed by atoms with Gasteiger partial charge in [-0.15, -0.1) is 0 Å². The molecule has 0 bridgehead atoms. The molecule has 0 amide bonds. The third kappa shape index (κ3) is 3.55. The first kappa shape index (κ1) is 12.1. The second-order valence-corrected chi connectivity index (χ2v) is 4.37. The molecule has 0 aliphatic heterocycles. The molecule has 3 N–H and O–H groups in total. The van der Waals surface area contributed by atoms with Gasteiger partial charge >= 0.3 is 5.97 Å². The monoisotopic (exact) mass is 207 g/mol. The van der Waals surface area contributed by atoms with E-state index in [1.165, 1.54) is 6.07 Å². The van der Waals surface area contributed by atoms with E-state index in [-0.39, 0.29) is 6.16 Å². The van der Waals surface area contributed by atoms with Crippen LogP contribution in [0.2, 0.25) is 0 Å². The summed E-state index contributed by atoms with van der Waals surface area (Å²) in [5.41, 5.74) is -2.49. The molecule has 7 heteroatoms. The number of aliphatic carboxylic acids is 1. The van der Waals surface area contributed by atoms with Crippen LogP contribution in [-0.2, 0) is 9.36 Å². The summed E-state index contributed by atoms with van der Waals surface area (Å²) in [5, 5.41) is 34.1. The van der Waals surface area contributed by atoms with Gasteiger partial charge in [0.25, 0.3) is 0 Å². The van der Waals surface area contributed by atoms with Crippen molar-refractivity contribution in [2.75, 3.05) is 12.5 Å². The van der Waals surface area contributed by atoms with Gasteiger partial charge in [-0.1, -0.05) is 0 Å². The predicted octanol–water partition coefficient (Wildman–Crippen LogP) is -0.775. The molecule has 0 saturated heterocycles. The number of hydrogen-bond donors (Lipinski definition) is 3. The number of nitrogens with zero attached hydrogens (tertiary/aromatic N) is 1. The summed E-state index contributed by atoms with van der Waals surface area (Å²) in [5.74, 6) is -1.66. The summed E-state index contributed by atoms with van der Waals surface area (Å²) >= 11 is 0. The molecule has 2 unspecified atom stereocenters. The van der Waals surface area contributed by atoms with Crippen molar-refractivity contribution in [3.8, 4) is 6.07 Å². The number of aliphatic hydroxyl groups excluding tert-OH is 1. The first-order valence-corrected chi connectivity index (χ1v) is 5.28. The van der Waals surface area contributed by atoms with E-state index in [1.807, 2.05) is 0 Å². The molecule has 0 aromatic carbocycles. The maximum Gasteiger partial charge on any atom is 0.350 e. The number of rotatable bonds is 5. The Morgan fingerprint density at radius 1 is 1.62 bits per heavy atom. The fourth-order valence-corrected chi connectivity index (χ4v) is 1.41. The van der Waals surface area contributed by atoms with Crippen molar-refractivity contribution in [1.82, 2.24) is 0 Å². The highest BCUT2D eigenvalue weighted by Gasteiger charge is 2.35. The van der Waals surface area contributed by atoms with Crippen molar-refractivity contribution in [3.05, 3.63) is 0 Å². The molecular formula is C6H10NO5P. The van der Waals surface area contributed by atoms with Crippen molar-refractivity contribution < 1.29 is 24.7 Å². The van der Waals surface area contributed by atoms with Crippen molar-refractivity contribution in [3.63, 3.8) is 0 Å². The second kappa shape index (κ2) is 4.97. The van der Waals surface area contributed by atoms with Crippen LogP contribution in [0.5, 0.6) is 0 Å². The quantitative estimate of drug-likeness (QED) is 0.402. The van der Waals surface area contributed by atoms with Crippen LogP contribution >= 0.6 is 7.80 Å². The smallest absolute Gasteiger partial charge is 0.350 e. The lowest BCUT2D eigenvalue weighted by molar-refractivity contribution is -0.152. The molecule has 2 atom stereocenters. The van der Waals surface area contributed by atoms with Crippen LogP contribution in [0.3, 0.4) is 0 Å². The molecule has 0 aromatic rings. The Kier molecular flexibility index (Phi) is 4.63. The number of carboxylic acid groups (broad SMARTS) is 1. The van der Waals surface area contributed by atoms with E-state index in [1.54, 1.807) is 0 Å². The van der Waals surface area contributed by atoms with Crippen molar-refractivity contribution in [2.45, 2.75) is 12.0 Å². The van der Waals surface area contributed by atoms with Crippen LogP contribution < -0.4 is 0 Å². The predicted molar refractivity (Wildman–Crippen MR) is 43.8 cm³/mol. The fraction of sp³-hybridized carbons (Fsp3) is 0.667. The van der Waals surface area contributed by atoms with Gasteiger partial charge in [0.1, 0.15) is 13.9 Å². The Hall–Kier alpha value is -0.890. The lowest BCUT2D eigenvalue weighted by Gasteiger charge is -2.13. The fourth-order valence-electron chi connectivity index (χ4n) is 0.610. The summed E-state index contributed by atoms with van der Waals surface area (Å²) in [6, 6.07) is 1.21. The Morgan fingerprint density at radius 2 is 2.15 bits per heavy atom. The van der Waals surface area contributed by atoms with Crippen LogP contribution in [0.4, 0.5) is 0 Å². The van der Waals surface area contributed by atoms with Crippen molar-refractivity contribution >= 4 is 13.8 Å². The Labute approximate surface area is 75.2 Å². The van der Waals surface area contributed by atoms with Gasteiger partial charge in [0.2, 0.25) is 5.60 Å². The van der Waals surface area contributed by atoms with Gasteiger partial charge in [-0.3, -0.25) is 0 Å². The maximum atomic E-state index is 10.7. The SMILES string of the molecule is N#CC(O)(CC[PH](=O)CO)C(=O)O. The average molecular weight is 207 g/mol. The minimum Gasteiger partial charge on any atom is -0.478 e. The molecule has 13 heavy (non-hydrogen) atoms. The highest BCUT2D eigenvalue weighted by atomic mass is 31.1. The van der Waals surface area contributed by atoms with Gasteiger partial charge in [-0.25, -0.2) is 4.79 Å². The molecule has 0 fully saturated rings. The zero-order valence-corrected chi connectivity index (χ0v) is 7.73. The summed E-state index contributed by atoms with van der Waals surface area (Å²) in [7, 11) is -2.27. The molecule has 0 aromatic heterocycles. The molecule has 0 radical (unpaired) electrons. The molecule has 0 heterocycles. The molecule has 0 spiro atoms. The zero-order valence-electron chi connectivity index (χ0n) is 6.73. The second-order valence-electron chi connectivity index (χ2n) is 2.47. The minimum atomic E-state index is -2.49. The lowest BCUT2D eigenvalue weighted by atomic mass is 10.0. The summed E-state index contributed by atoms with van der Waals surface area (Å²) < 4.78 is 10.7. The van der Waals surface area contributed by atoms with Crippen molar-refractivity contribution in [1.29, 1.82) is 5.26 Å². The zero-order chi connectivity index (χ0) is 10.5. The van der Waals surface area contributed by atoms with Gasteiger partial charge in [-0.2, -0.15) is 5.26 Å².